The van der Waals surface area contributed by atoms with E-state index < -0.39 is 12.2 Å². The topological polar surface area (TPSA) is 134 Å². The van der Waals surface area contributed by atoms with Gasteiger partial charge in [0, 0.05) is 11.1 Å². The molecule has 0 fully saturated rings. The summed E-state index contributed by atoms with van der Waals surface area (Å²) >= 11 is 9.17. The molecule has 0 unspecified atom stereocenters. The van der Waals surface area contributed by atoms with Crippen LogP contribution in [0.4, 0.5) is 0 Å². The summed E-state index contributed by atoms with van der Waals surface area (Å²) in [6.07, 6.45) is -1.57. The van der Waals surface area contributed by atoms with E-state index in [1.54, 1.807) is 6.92 Å². The molecule has 0 aromatic heterocycles. The summed E-state index contributed by atoms with van der Waals surface area (Å²) in [4.78, 5) is 0. The first-order valence-electron chi connectivity index (χ1n) is 11.2. The number of allylic oxidation sites excluding steroid dienone is 1. The van der Waals surface area contributed by atoms with Gasteiger partial charge in [0.25, 0.3) is 0 Å². The first-order valence-corrected chi connectivity index (χ1v) is 12.5. The molecule has 0 aliphatic rings. The van der Waals surface area contributed by atoms with E-state index in [4.69, 9.17) is 37.8 Å². The highest BCUT2D eigenvalue weighted by molar-refractivity contribution is 9.10. The summed E-state index contributed by atoms with van der Waals surface area (Å²) < 4.78 is 12.1. The van der Waals surface area contributed by atoms with Crippen LogP contribution in [0, 0.1) is 0 Å². The fourth-order valence-electron chi connectivity index (χ4n) is 3.28. The second kappa shape index (κ2) is 13.3. The lowest BCUT2D eigenvalue weighted by atomic mass is 9.78. The van der Waals surface area contributed by atoms with Crippen molar-refractivity contribution in [3.8, 4) is 11.5 Å². The number of hydrazine groups is 1. The van der Waals surface area contributed by atoms with Crippen LogP contribution >= 0.6 is 27.5 Å². The van der Waals surface area contributed by atoms with Crippen molar-refractivity contribution in [2.45, 2.75) is 38.4 Å². The fraction of sp³-hybridized carbons (Fsp3) is 0.440. The van der Waals surface area contributed by atoms with Crippen LogP contribution in [0.5, 0.6) is 11.5 Å². The number of aliphatic hydroxyl groups excluding tert-OH is 3. The molecule has 2 rings (SSSR count). The molecule has 0 saturated carbocycles. The van der Waals surface area contributed by atoms with Crippen LogP contribution < -0.4 is 21.1 Å². The lowest BCUT2D eigenvalue weighted by molar-refractivity contribution is 0.0779. The SMILES string of the molecule is C/C(=C(/N)CO)N(N)C[C@@H](O)COc1ccc(C(C)(C)c2ccc(OC[C@@H](O)CCl)c(Br)c2)cc1. The summed E-state index contributed by atoms with van der Waals surface area (Å²) in [6, 6.07) is 13.6. The molecule has 0 aliphatic heterocycles. The Morgan fingerprint density at radius 3 is 2.23 bits per heavy atom. The van der Waals surface area contributed by atoms with E-state index in [1.807, 2.05) is 42.5 Å². The number of hydrogen-bond donors (Lipinski definition) is 5. The van der Waals surface area contributed by atoms with Crippen LogP contribution in [0.1, 0.15) is 31.9 Å². The molecule has 0 heterocycles. The van der Waals surface area contributed by atoms with Crippen molar-refractivity contribution in [3.63, 3.8) is 0 Å². The van der Waals surface area contributed by atoms with Crippen molar-refractivity contribution in [2.75, 3.05) is 32.2 Å². The molecule has 2 atom stereocenters. The van der Waals surface area contributed by atoms with Gasteiger partial charge < -0.3 is 35.5 Å². The van der Waals surface area contributed by atoms with Gasteiger partial charge in [-0.2, -0.15) is 0 Å². The van der Waals surface area contributed by atoms with Gasteiger partial charge in [-0.15, -0.1) is 11.6 Å². The zero-order valence-corrected chi connectivity index (χ0v) is 22.6. The van der Waals surface area contributed by atoms with Crippen molar-refractivity contribution in [2.24, 2.45) is 11.6 Å². The molecule has 194 valence electrons. The predicted molar refractivity (Wildman–Crippen MR) is 141 cm³/mol. The third-order valence-corrected chi connectivity index (χ3v) is 6.73. The number of hydrogen-bond acceptors (Lipinski definition) is 8. The third kappa shape index (κ3) is 8.27. The van der Waals surface area contributed by atoms with Crippen molar-refractivity contribution in [3.05, 3.63) is 69.5 Å². The number of aliphatic hydroxyl groups is 3. The van der Waals surface area contributed by atoms with Gasteiger partial charge in [0.1, 0.15) is 36.9 Å². The number of ether oxygens (including phenoxy) is 2. The second-order valence-corrected chi connectivity index (χ2v) is 9.96. The van der Waals surface area contributed by atoms with Gasteiger partial charge in [-0.3, -0.25) is 0 Å². The van der Waals surface area contributed by atoms with Gasteiger partial charge in [0.05, 0.1) is 29.2 Å². The number of alkyl halides is 1. The quantitative estimate of drug-likeness (QED) is 0.141. The lowest BCUT2D eigenvalue weighted by Crippen LogP contribution is -2.40. The monoisotopic (exact) mass is 571 g/mol. The number of halogens is 2. The largest absolute Gasteiger partial charge is 0.491 e. The first kappa shape index (κ1) is 29.2. The maximum absolute atomic E-state index is 10.2. The van der Waals surface area contributed by atoms with Crippen LogP contribution in [0.15, 0.2) is 58.3 Å². The Hall–Kier alpha value is -2.01. The highest BCUT2D eigenvalue weighted by Gasteiger charge is 2.24. The molecular weight excluding hydrogens is 538 g/mol. The van der Waals surface area contributed by atoms with Crippen molar-refractivity contribution >= 4 is 27.5 Å². The van der Waals surface area contributed by atoms with Crippen LogP contribution in [-0.2, 0) is 5.41 Å². The van der Waals surface area contributed by atoms with E-state index in [9.17, 15) is 10.2 Å². The number of nitrogens with two attached hydrogens (primary N) is 2. The predicted octanol–water partition coefficient (Wildman–Crippen LogP) is 2.85. The summed E-state index contributed by atoms with van der Waals surface area (Å²) in [6.45, 7) is 5.89. The molecule has 8 nitrogen and oxygen atoms in total. The Morgan fingerprint density at radius 1 is 1.06 bits per heavy atom. The highest BCUT2D eigenvalue weighted by atomic mass is 79.9. The minimum absolute atomic E-state index is 0.0512. The zero-order valence-electron chi connectivity index (χ0n) is 20.2. The molecule has 0 spiro atoms. The Bertz CT molecular complexity index is 988. The Morgan fingerprint density at radius 2 is 1.66 bits per heavy atom. The van der Waals surface area contributed by atoms with Crippen LogP contribution in [0.2, 0.25) is 0 Å². The van der Waals surface area contributed by atoms with Crippen molar-refractivity contribution in [1.29, 1.82) is 0 Å². The van der Waals surface area contributed by atoms with Crippen LogP contribution in [0.25, 0.3) is 0 Å². The Labute approximate surface area is 220 Å². The van der Waals surface area contributed by atoms with Gasteiger partial charge in [0.15, 0.2) is 0 Å². The average Bonchev–Trinajstić information content (AvgIpc) is 2.85. The van der Waals surface area contributed by atoms with Crippen LogP contribution in [0.3, 0.4) is 0 Å². The van der Waals surface area contributed by atoms with E-state index in [0.717, 1.165) is 15.6 Å². The lowest BCUT2D eigenvalue weighted by Gasteiger charge is -2.27. The molecular formula is C25H35BrClN3O5. The normalized spacial score (nSPS) is 14.2. The molecule has 0 aliphatic carbocycles. The molecule has 0 bridgehead atoms. The van der Waals surface area contributed by atoms with Gasteiger partial charge in [-0.05, 0) is 58.2 Å². The molecule has 2 aromatic rings. The van der Waals surface area contributed by atoms with E-state index in [-0.39, 0.29) is 43.4 Å². The Balaban J connectivity index is 2.00. The molecule has 0 saturated heterocycles. The number of rotatable bonds is 13. The number of benzene rings is 2. The van der Waals surface area contributed by atoms with E-state index in [1.165, 1.54) is 5.01 Å². The molecule has 35 heavy (non-hydrogen) atoms. The standard InChI is InChI=1S/C25H35BrClN3O5/c1-16(23(28)13-31)30(29)12-20(33)15-34-21-7-4-17(5-8-21)25(2,3)18-6-9-24(22(26)10-18)35-14-19(32)11-27/h4-10,19-20,31-33H,11-15,28-29H2,1-3H3/b23-16-/t19-,20+/m0/s1. The second-order valence-electron chi connectivity index (χ2n) is 8.80. The maximum Gasteiger partial charge on any atom is 0.133 e. The summed E-state index contributed by atoms with van der Waals surface area (Å²) in [5, 5.41) is 30.2. The highest BCUT2D eigenvalue weighted by Crippen LogP contribution is 2.36. The van der Waals surface area contributed by atoms with Gasteiger partial charge >= 0.3 is 0 Å². The third-order valence-electron chi connectivity index (χ3n) is 5.75. The average molecular weight is 573 g/mol. The number of nitrogens with zero attached hydrogens (tertiary/aromatic N) is 1. The maximum atomic E-state index is 10.2. The molecule has 10 heteroatoms. The zero-order chi connectivity index (χ0) is 26.2. The fourth-order valence-corrected chi connectivity index (χ4v) is 3.86. The molecule has 2 aromatic carbocycles. The van der Waals surface area contributed by atoms with Crippen molar-refractivity contribution in [1.82, 2.24) is 5.01 Å². The van der Waals surface area contributed by atoms with Crippen molar-refractivity contribution < 1.29 is 24.8 Å². The summed E-state index contributed by atoms with van der Waals surface area (Å²) in [5.74, 6) is 7.26. The van der Waals surface area contributed by atoms with E-state index in [0.29, 0.717) is 17.2 Å². The van der Waals surface area contributed by atoms with Gasteiger partial charge in [-0.1, -0.05) is 32.0 Å². The van der Waals surface area contributed by atoms with E-state index in [2.05, 4.69) is 29.8 Å². The van der Waals surface area contributed by atoms with Gasteiger partial charge in [-0.25, -0.2) is 5.84 Å². The Kier molecular flexibility index (Phi) is 11.1. The smallest absolute Gasteiger partial charge is 0.133 e. The molecule has 0 amide bonds. The summed E-state index contributed by atoms with van der Waals surface area (Å²) in [5.41, 5.74) is 8.27. The van der Waals surface area contributed by atoms with E-state index >= 15 is 0 Å². The van der Waals surface area contributed by atoms with Crippen LogP contribution in [-0.4, -0.2) is 64.8 Å². The molecule has 7 N–H and O–H groups in total. The minimum Gasteiger partial charge on any atom is -0.491 e. The van der Waals surface area contributed by atoms with Gasteiger partial charge in [0.2, 0.25) is 0 Å². The summed E-state index contributed by atoms with van der Waals surface area (Å²) in [7, 11) is 0. The minimum atomic E-state index is -0.846. The first-order chi connectivity index (χ1) is 16.5. The molecule has 0 radical (unpaired) electrons.